The van der Waals surface area contributed by atoms with Gasteiger partial charge in [-0.2, -0.15) is 0 Å². The van der Waals surface area contributed by atoms with Gasteiger partial charge in [0.1, 0.15) is 16.4 Å². The average molecular weight is 378 g/mol. The molecule has 2 aromatic rings. The topological polar surface area (TPSA) is 97.4 Å². The Balaban J connectivity index is 2.09. The minimum absolute atomic E-state index is 0.0175. The predicted molar refractivity (Wildman–Crippen MR) is 79.1 cm³/mol. The molecule has 2 rings (SSSR count). The van der Waals surface area contributed by atoms with E-state index in [2.05, 4.69) is 31.0 Å². The number of aryl methyl sites for hydroxylation is 1. The summed E-state index contributed by atoms with van der Waals surface area (Å²) in [5.74, 6) is 1.47. The van der Waals surface area contributed by atoms with Crippen molar-refractivity contribution in [2.75, 3.05) is 6.54 Å². The van der Waals surface area contributed by atoms with Crippen molar-refractivity contribution in [2.45, 2.75) is 31.8 Å². The summed E-state index contributed by atoms with van der Waals surface area (Å²) >= 11 is 3.12. The van der Waals surface area contributed by atoms with Gasteiger partial charge in [0.2, 0.25) is 15.9 Å². The molecule has 0 aromatic carbocycles. The third-order valence-corrected chi connectivity index (χ3v) is 4.89. The minimum atomic E-state index is -3.70. The molecule has 0 radical (unpaired) electrons. The standard InChI is InChI=1S/C12H16BrN3O4S/c1-3-14-6-9-4-10(12(13)20-9)21(17,18)16-7-11-15-5-8(2)19-11/h4-5,14,16H,3,6-7H2,1-2H3. The van der Waals surface area contributed by atoms with Crippen molar-refractivity contribution in [1.82, 2.24) is 15.0 Å². The van der Waals surface area contributed by atoms with Crippen LogP contribution in [0.4, 0.5) is 0 Å². The molecule has 21 heavy (non-hydrogen) atoms. The number of sulfonamides is 1. The van der Waals surface area contributed by atoms with Crippen LogP contribution in [-0.4, -0.2) is 19.9 Å². The molecule has 2 heterocycles. The summed E-state index contributed by atoms with van der Waals surface area (Å²) in [5, 5.41) is 3.06. The van der Waals surface area contributed by atoms with E-state index in [-0.39, 0.29) is 16.1 Å². The highest BCUT2D eigenvalue weighted by atomic mass is 79.9. The number of oxazole rings is 1. The van der Waals surface area contributed by atoms with Crippen molar-refractivity contribution >= 4 is 26.0 Å². The molecule has 2 aromatic heterocycles. The minimum Gasteiger partial charge on any atom is -0.452 e. The van der Waals surface area contributed by atoms with Gasteiger partial charge in [0.25, 0.3) is 0 Å². The van der Waals surface area contributed by atoms with Crippen molar-refractivity contribution < 1.29 is 17.3 Å². The van der Waals surface area contributed by atoms with Crippen LogP contribution in [0.1, 0.15) is 24.3 Å². The summed E-state index contributed by atoms with van der Waals surface area (Å²) in [6.07, 6.45) is 1.53. The molecule has 9 heteroatoms. The lowest BCUT2D eigenvalue weighted by Crippen LogP contribution is -2.23. The molecule has 0 atom stereocenters. The molecule has 0 saturated heterocycles. The Morgan fingerprint density at radius 3 is 2.71 bits per heavy atom. The largest absolute Gasteiger partial charge is 0.452 e. The zero-order valence-electron chi connectivity index (χ0n) is 11.6. The molecule has 2 N–H and O–H groups in total. The van der Waals surface area contributed by atoms with Crippen molar-refractivity contribution in [1.29, 1.82) is 0 Å². The van der Waals surface area contributed by atoms with Gasteiger partial charge in [-0.25, -0.2) is 18.1 Å². The first-order chi connectivity index (χ1) is 9.92. The average Bonchev–Trinajstić information content (AvgIpc) is 3.00. The molecule has 0 unspecified atom stereocenters. The number of hydrogen-bond acceptors (Lipinski definition) is 6. The lowest BCUT2D eigenvalue weighted by atomic mass is 10.4. The van der Waals surface area contributed by atoms with E-state index in [1.165, 1.54) is 12.3 Å². The van der Waals surface area contributed by atoms with E-state index in [0.717, 1.165) is 6.54 Å². The Morgan fingerprint density at radius 1 is 1.33 bits per heavy atom. The Kier molecular flexibility index (Phi) is 5.20. The molecule has 0 spiro atoms. The third kappa shape index (κ3) is 4.16. The van der Waals surface area contributed by atoms with Gasteiger partial charge in [0, 0.05) is 6.07 Å². The molecular weight excluding hydrogens is 362 g/mol. The highest BCUT2D eigenvalue weighted by Crippen LogP contribution is 2.26. The predicted octanol–water partition coefficient (Wildman–Crippen LogP) is 1.93. The summed E-state index contributed by atoms with van der Waals surface area (Å²) in [7, 11) is -3.70. The van der Waals surface area contributed by atoms with Gasteiger partial charge in [0.15, 0.2) is 4.67 Å². The van der Waals surface area contributed by atoms with Crippen LogP contribution in [0.2, 0.25) is 0 Å². The second-order valence-corrected chi connectivity index (χ2v) is 6.78. The SMILES string of the molecule is CCNCc1cc(S(=O)(=O)NCc2ncc(C)o2)c(Br)o1. The van der Waals surface area contributed by atoms with Crippen LogP contribution in [-0.2, 0) is 23.1 Å². The first-order valence-electron chi connectivity index (χ1n) is 6.32. The fraction of sp³-hybridized carbons (Fsp3) is 0.417. The fourth-order valence-electron chi connectivity index (χ4n) is 1.63. The highest BCUT2D eigenvalue weighted by molar-refractivity contribution is 9.10. The van der Waals surface area contributed by atoms with Gasteiger partial charge in [-0.1, -0.05) is 6.92 Å². The van der Waals surface area contributed by atoms with Gasteiger partial charge in [-0.15, -0.1) is 0 Å². The van der Waals surface area contributed by atoms with Crippen molar-refractivity contribution in [3.63, 3.8) is 0 Å². The molecule has 0 saturated carbocycles. The zero-order valence-corrected chi connectivity index (χ0v) is 14.0. The molecule has 0 fully saturated rings. The second kappa shape index (κ2) is 6.73. The van der Waals surface area contributed by atoms with E-state index in [1.807, 2.05) is 6.92 Å². The molecule has 0 aliphatic carbocycles. The molecule has 0 aliphatic rings. The fourth-order valence-corrected chi connectivity index (χ4v) is 3.60. The van der Waals surface area contributed by atoms with Crippen molar-refractivity contribution in [3.05, 3.63) is 34.3 Å². The summed E-state index contributed by atoms with van der Waals surface area (Å²) < 4.78 is 37.6. The summed E-state index contributed by atoms with van der Waals surface area (Å²) in [6.45, 7) is 4.91. The third-order valence-electron chi connectivity index (χ3n) is 2.63. The summed E-state index contributed by atoms with van der Waals surface area (Å²) in [4.78, 5) is 4.00. The van der Waals surface area contributed by atoms with Crippen LogP contribution in [0.25, 0.3) is 0 Å². The summed E-state index contributed by atoms with van der Waals surface area (Å²) in [5.41, 5.74) is 0. The maximum atomic E-state index is 12.2. The molecule has 0 amide bonds. The zero-order chi connectivity index (χ0) is 15.5. The van der Waals surface area contributed by atoms with E-state index >= 15 is 0 Å². The van der Waals surface area contributed by atoms with Gasteiger partial charge in [-0.05, 0) is 29.4 Å². The number of nitrogens with one attached hydrogen (secondary N) is 2. The smallest absolute Gasteiger partial charge is 0.245 e. The van der Waals surface area contributed by atoms with E-state index in [9.17, 15) is 8.42 Å². The number of rotatable bonds is 7. The van der Waals surface area contributed by atoms with Gasteiger partial charge in [-0.3, -0.25) is 0 Å². The van der Waals surface area contributed by atoms with Gasteiger partial charge >= 0.3 is 0 Å². The quantitative estimate of drug-likeness (QED) is 0.764. The Hall–Kier alpha value is -1.16. The van der Waals surface area contributed by atoms with Gasteiger partial charge in [0.05, 0.1) is 19.3 Å². The van der Waals surface area contributed by atoms with E-state index in [1.54, 1.807) is 6.92 Å². The Labute approximate surface area is 131 Å². The number of aromatic nitrogens is 1. The molecule has 0 aliphatic heterocycles. The number of hydrogen-bond donors (Lipinski definition) is 2. The first-order valence-corrected chi connectivity index (χ1v) is 8.60. The molecule has 0 bridgehead atoms. The van der Waals surface area contributed by atoms with Crippen LogP contribution in [0.3, 0.4) is 0 Å². The van der Waals surface area contributed by atoms with Crippen molar-refractivity contribution in [2.24, 2.45) is 0 Å². The van der Waals surface area contributed by atoms with E-state index < -0.39 is 10.0 Å². The maximum absolute atomic E-state index is 12.2. The molecule has 116 valence electrons. The highest BCUT2D eigenvalue weighted by Gasteiger charge is 2.22. The molecule has 7 nitrogen and oxygen atoms in total. The van der Waals surface area contributed by atoms with Crippen LogP contribution in [0.15, 0.2) is 30.7 Å². The molecular formula is C12H16BrN3O4S. The number of furan rings is 1. The van der Waals surface area contributed by atoms with E-state index in [4.69, 9.17) is 8.83 Å². The second-order valence-electron chi connectivity index (χ2n) is 4.32. The normalized spacial score (nSPS) is 12.0. The van der Waals surface area contributed by atoms with Crippen molar-refractivity contribution in [3.8, 4) is 0 Å². The van der Waals surface area contributed by atoms with Crippen LogP contribution < -0.4 is 10.0 Å². The monoisotopic (exact) mass is 377 g/mol. The van der Waals surface area contributed by atoms with Crippen LogP contribution in [0.5, 0.6) is 0 Å². The van der Waals surface area contributed by atoms with Crippen LogP contribution in [0, 0.1) is 6.92 Å². The number of nitrogens with zero attached hydrogens (tertiary/aromatic N) is 1. The maximum Gasteiger partial charge on any atom is 0.245 e. The first kappa shape index (κ1) is 16.2. The lowest BCUT2D eigenvalue weighted by molar-refractivity contribution is 0.459. The summed E-state index contributed by atoms with van der Waals surface area (Å²) in [6, 6.07) is 1.48. The number of halogens is 1. The Morgan fingerprint density at radius 2 is 2.10 bits per heavy atom. The van der Waals surface area contributed by atoms with Gasteiger partial charge < -0.3 is 14.2 Å². The Bertz CT molecular complexity index is 708. The van der Waals surface area contributed by atoms with Crippen LogP contribution >= 0.6 is 15.9 Å². The lowest BCUT2D eigenvalue weighted by Gasteiger charge is -2.02. The van der Waals surface area contributed by atoms with E-state index in [0.29, 0.717) is 24.0 Å².